The molecule has 0 aliphatic rings. The number of aliphatic imine (C=N–C) groups is 1. The van der Waals surface area contributed by atoms with E-state index in [1.807, 2.05) is 0 Å². The molecule has 2 aromatic rings. The van der Waals surface area contributed by atoms with Gasteiger partial charge in [-0.2, -0.15) is 0 Å². The van der Waals surface area contributed by atoms with E-state index < -0.39 is 0 Å². The van der Waals surface area contributed by atoms with E-state index >= 15 is 0 Å². The van der Waals surface area contributed by atoms with Crippen molar-refractivity contribution in [3.8, 4) is 0 Å². The highest BCUT2D eigenvalue weighted by molar-refractivity contribution is 5.79. The van der Waals surface area contributed by atoms with Gasteiger partial charge in [0.15, 0.2) is 5.96 Å². The molecule has 2 rings (SSSR count). The predicted octanol–water partition coefficient (Wildman–Crippen LogP) is 2.31. The van der Waals surface area contributed by atoms with Crippen LogP contribution in [0.4, 0.5) is 5.69 Å². The minimum absolute atomic E-state index is 0.794. The Morgan fingerprint density at radius 3 is 2.67 bits per heavy atom. The van der Waals surface area contributed by atoms with E-state index in [9.17, 15) is 0 Å². The highest BCUT2D eigenvalue weighted by Gasteiger charge is 2.04. The van der Waals surface area contributed by atoms with Gasteiger partial charge in [-0.3, -0.25) is 4.99 Å². The first kappa shape index (κ1) is 20.7. The maximum Gasteiger partial charge on any atom is 0.191 e. The number of benzene rings is 1. The highest BCUT2D eigenvalue weighted by Crippen LogP contribution is 2.12. The first-order valence-corrected chi connectivity index (χ1v) is 9.97. The van der Waals surface area contributed by atoms with Gasteiger partial charge in [0.1, 0.15) is 12.2 Å². The zero-order valence-electron chi connectivity index (χ0n) is 16.9. The van der Waals surface area contributed by atoms with E-state index in [2.05, 4.69) is 81.4 Å². The molecule has 1 heterocycles. The maximum atomic E-state index is 4.70. The molecule has 0 saturated heterocycles. The van der Waals surface area contributed by atoms with Gasteiger partial charge in [-0.05, 0) is 32.4 Å². The van der Waals surface area contributed by atoms with Gasteiger partial charge in [0.2, 0.25) is 0 Å². The fraction of sp³-hybridized carbons (Fsp3) is 0.550. The summed E-state index contributed by atoms with van der Waals surface area (Å²) < 4.78 is 2.08. The SMILES string of the molecule is CCNC(=NCCCN(CC)c1ccccc1)NCCn1cnnc1CC. The lowest BCUT2D eigenvalue weighted by atomic mass is 10.2. The summed E-state index contributed by atoms with van der Waals surface area (Å²) in [6.45, 7) is 11.6. The fourth-order valence-electron chi connectivity index (χ4n) is 2.94. The second-order valence-electron chi connectivity index (χ2n) is 6.25. The van der Waals surface area contributed by atoms with Crippen molar-refractivity contribution in [2.24, 2.45) is 4.99 Å². The number of rotatable bonds is 11. The van der Waals surface area contributed by atoms with Gasteiger partial charge >= 0.3 is 0 Å². The van der Waals surface area contributed by atoms with Crippen molar-refractivity contribution in [1.82, 2.24) is 25.4 Å². The first-order valence-electron chi connectivity index (χ1n) is 9.97. The lowest BCUT2D eigenvalue weighted by molar-refractivity contribution is 0.632. The molecule has 7 nitrogen and oxygen atoms in total. The van der Waals surface area contributed by atoms with Crippen LogP contribution in [0.2, 0.25) is 0 Å². The maximum absolute atomic E-state index is 4.70. The van der Waals surface area contributed by atoms with Crippen LogP contribution in [-0.2, 0) is 13.0 Å². The van der Waals surface area contributed by atoms with Crippen molar-refractivity contribution in [3.05, 3.63) is 42.5 Å². The average Bonchev–Trinajstić information content (AvgIpc) is 3.16. The lowest BCUT2D eigenvalue weighted by Gasteiger charge is -2.22. The molecule has 0 atom stereocenters. The van der Waals surface area contributed by atoms with Crippen molar-refractivity contribution in [2.45, 2.75) is 40.2 Å². The third-order valence-corrected chi connectivity index (χ3v) is 4.36. The van der Waals surface area contributed by atoms with Crippen molar-refractivity contribution < 1.29 is 0 Å². The van der Waals surface area contributed by atoms with Crippen molar-refractivity contribution in [1.29, 1.82) is 0 Å². The summed E-state index contributed by atoms with van der Waals surface area (Å²) in [6.07, 6.45) is 3.70. The number of hydrogen-bond donors (Lipinski definition) is 2. The standard InChI is InChI=1S/C20H33N7/c1-4-19-25-24-17-27(19)16-14-23-20(21-5-2)22-13-10-15-26(6-3)18-11-8-7-9-12-18/h7-9,11-12,17H,4-6,10,13-16H2,1-3H3,(H2,21,22,23). The summed E-state index contributed by atoms with van der Waals surface area (Å²) >= 11 is 0. The van der Waals surface area contributed by atoms with Crippen molar-refractivity contribution in [3.63, 3.8) is 0 Å². The molecule has 0 radical (unpaired) electrons. The Hall–Kier alpha value is -2.57. The third-order valence-electron chi connectivity index (χ3n) is 4.36. The molecule has 0 amide bonds. The summed E-state index contributed by atoms with van der Waals surface area (Å²) in [4.78, 5) is 7.09. The summed E-state index contributed by atoms with van der Waals surface area (Å²) in [5.41, 5.74) is 1.27. The molecule has 0 unspecified atom stereocenters. The molecule has 0 spiro atoms. The Kier molecular flexibility index (Phi) is 9.17. The summed E-state index contributed by atoms with van der Waals surface area (Å²) in [6, 6.07) is 10.5. The quantitative estimate of drug-likeness (QED) is 0.360. The molecule has 0 saturated carbocycles. The van der Waals surface area contributed by atoms with Crippen LogP contribution in [0.3, 0.4) is 0 Å². The van der Waals surface area contributed by atoms with Gasteiger partial charge in [0.05, 0.1) is 0 Å². The molecule has 1 aromatic carbocycles. The predicted molar refractivity (Wildman–Crippen MR) is 112 cm³/mol. The van der Waals surface area contributed by atoms with E-state index in [4.69, 9.17) is 4.99 Å². The number of nitrogens with one attached hydrogen (secondary N) is 2. The number of anilines is 1. The smallest absolute Gasteiger partial charge is 0.191 e. The number of aryl methyl sites for hydroxylation is 1. The lowest BCUT2D eigenvalue weighted by Crippen LogP contribution is -2.39. The summed E-state index contributed by atoms with van der Waals surface area (Å²) in [5, 5.41) is 14.8. The van der Waals surface area contributed by atoms with E-state index in [1.54, 1.807) is 6.33 Å². The minimum Gasteiger partial charge on any atom is -0.372 e. The molecule has 7 heteroatoms. The molecule has 27 heavy (non-hydrogen) atoms. The first-order chi connectivity index (χ1) is 13.3. The Morgan fingerprint density at radius 1 is 1.15 bits per heavy atom. The van der Waals surface area contributed by atoms with E-state index in [0.29, 0.717) is 0 Å². The Balaban J connectivity index is 1.77. The molecule has 0 bridgehead atoms. The van der Waals surface area contributed by atoms with Crippen LogP contribution in [-0.4, -0.2) is 53.4 Å². The van der Waals surface area contributed by atoms with E-state index in [0.717, 1.165) is 63.9 Å². The van der Waals surface area contributed by atoms with Crippen LogP contribution in [0.5, 0.6) is 0 Å². The molecule has 0 aliphatic heterocycles. The van der Waals surface area contributed by atoms with E-state index in [-0.39, 0.29) is 0 Å². The normalized spacial score (nSPS) is 11.4. The van der Waals surface area contributed by atoms with Crippen LogP contribution in [0, 0.1) is 0 Å². The van der Waals surface area contributed by atoms with Crippen LogP contribution in [0.1, 0.15) is 33.0 Å². The van der Waals surface area contributed by atoms with Gasteiger partial charge in [0.25, 0.3) is 0 Å². The van der Waals surface area contributed by atoms with Crippen molar-refractivity contribution >= 4 is 11.6 Å². The second kappa shape index (κ2) is 11.9. The number of nitrogens with zero attached hydrogens (tertiary/aromatic N) is 5. The zero-order valence-corrected chi connectivity index (χ0v) is 16.9. The summed E-state index contributed by atoms with van der Waals surface area (Å²) in [5.74, 6) is 1.88. The second-order valence-corrected chi connectivity index (χ2v) is 6.25. The number of para-hydroxylation sites is 1. The fourth-order valence-corrected chi connectivity index (χ4v) is 2.94. The zero-order chi connectivity index (χ0) is 19.3. The Labute approximate surface area is 162 Å². The largest absolute Gasteiger partial charge is 0.372 e. The van der Waals surface area contributed by atoms with Gasteiger partial charge < -0.3 is 20.1 Å². The minimum atomic E-state index is 0.794. The molecule has 1 aromatic heterocycles. The van der Waals surface area contributed by atoms with Gasteiger partial charge in [-0.15, -0.1) is 10.2 Å². The van der Waals surface area contributed by atoms with Crippen molar-refractivity contribution in [2.75, 3.05) is 37.6 Å². The molecule has 0 aliphatic carbocycles. The molecule has 148 valence electrons. The van der Waals surface area contributed by atoms with Crippen LogP contribution in [0.15, 0.2) is 41.7 Å². The number of hydrogen-bond acceptors (Lipinski definition) is 4. The van der Waals surface area contributed by atoms with Gasteiger partial charge in [0, 0.05) is 51.4 Å². The van der Waals surface area contributed by atoms with Gasteiger partial charge in [-0.1, -0.05) is 25.1 Å². The van der Waals surface area contributed by atoms with Gasteiger partial charge in [-0.25, -0.2) is 0 Å². The third kappa shape index (κ3) is 6.92. The Morgan fingerprint density at radius 2 is 1.96 bits per heavy atom. The molecule has 0 fully saturated rings. The molecular formula is C20H33N7. The monoisotopic (exact) mass is 371 g/mol. The molecule has 2 N–H and O–H groups in total. The Bertz CT molecular complexity index is 666. The van der Waals surface area contributed by atoms with E-state index in [1.165, 1.54) is 5.69 Å². The number of guanidine groups is 1. The topological polar surface area (TPSA) is 70.4 Å². The number of aromatic nitrogens is 3. The van der Waals surface area contributed by atoms with Crippen LogP contribution < -0.4 is 15.5 Å². The molecular weight excluding hydrogens is 338 g/mol. The van der Waals surface area contributed by atoms with Crippen LogP contribution >= 0.6 is 0 Å². The average molecular weight is 372 g/mol. The summed E-state index contributed by atoms with van der Waals surface area (Å²) in [7, 11) is 0. The highest BCUT2D eigenvalue weighted by atomic mass is 15.3. The van der Waals surface area contributed by atoms with Crippen LogP contribution in [0.25, 0.3) is 0 Å².